The van der Waals surface area contributed by atoms with Gasteiger partial charge in [0.05, 0.1) is 22.4 Å². The molecule has 0 saturated carbocycles. The van der Waals surface area contributed by atoms with Crippen LogP contribution in [0.1, 0.15) is 25.2 Å². The summed E-state index contributed by atoms with van der Waals surface area (Å²) in [6.45, 7) is 4.25. The Morgan fingerprint density at radius 3 is 1.60 bits per heavy atom. The molecule has 0 amide bonds. The first-order valence-corrected chi connectivity index (χ1v) is 5.09. The Hall–Kier alpha value is -1.48. The van der Waals surface area contributed by atoms with Crippen LogP contribution in [-0.2, 0) is 12.8 Å². The smallest absolute Gasteiger partial charge is 0.0890 e. The zero-order chi connectivity index (χ0) is 9.97. The lowest BCUT2D eigenvalue weighted by Crippen LogP contribution is -1.99. The average Bonchev–Trinajstić information content (AvgIpc) is 2.27. The fraction of sp³-hybridized carbons (Fsp3) is 0.333. The maximum Gasteiger partial charge on any atom is 0.0890 e. The van der Waals surface area contributed by atoms with Crippen LogP contribution in [0.4, 0.5) is 0 Å². The van der Waals surface area contributed by atoms with Gasteiger partial charge in [0.1, 0.15) is 0 Å². The molecule has 1 heterocycles. The molecule has 0 spiro atoms. The Kier molecular flexibility index (Phi) is 3.74. The Labute approximate surface area is 90.1 Å². The number of hydrogen-bond donors (Lipinski definition) is 1. The molecule has 3 N–H and O–H groups in total. The third-order valence-corrected chi connectivity index (χ3v) is 2.40. The highest BCUT2D eigenvalue weighted by Crippen LogP contribution is 2.13. The number of rotatable bonds is 2. The molecule has 1 aromatic carbocycles. The van der Waals surface area contributed by atoms with Crippen molar-refractivity contribution in [1.82, 2.24) is 16.1 Å². The Morgan fingerprint density at radius 2 is 1.27 bits per heavy atom. The maximum absolute atomic E-state index is 4.60. The van der Waals surface area contributed by atoms with Gasteiger partial charge in [0, 0.05) is 0 Å². The normalized spacial score (nSPS) is 10.0. The molecule has 0 unspecified atom stereocenters. The molecule has 0 radical (unpaired) electrons. The molecule has 0 bridgehead atoms. The van der Waals surface area contributed by atoms with Gasteiger partial charge >= 0.3 is 0 Å². The molecule has 3 heteroatoms. The highest BCUT2D eigenvalue weighted by atomic mass is 14.8. The molecule has 0 saturated heterocycles. The lowest BCUT2D eigenvalue weighted by atomic mass is 10.2. The first-order chi connectivity index (χ1) is 6.85. The van der Waals surface area contributed by atoms with E-state index >= 15 is 0 Å². The van der Waals surface area contributed by atoms with Crippen LogP contribution in [0, 0.1) is 0 Å². The highest BCUT2D eigenvalue weighted by molar-refractivity contribution is 5.74. The van der Waals surface area contributed by atoms with Crippen LogP contribution >= 0.6 is 0 Å². The Balaban J connectivity index is 0.00000112. The molecule has 80 valence electrons. The number of fused-ring (bicyclic) bond motifs is 1. The minimum absolute atomic E-state index is 0. The average molecular weight is 203 g/mol. The second kappa shape index (κ2) is 4.84. The standard InChI is InChI=1S/C12H14N2.H3N/c1-3-9-10(4-2)14-12-8-6-5-7-11(12)13-9;/h5-8H,3-4H2,1-2H3;1H3. The largest absolute Gasteiger partial charge is 0.344 e. The van der Waals surface area contributed by atoms with Gasteiger partial charge in [-0.05, 0) is 25.0 Å². The van der Waals surface area contributed by atoms with E-state index in [-0.39, 0.29) is 6.15 Å². The second-order valence-electron chi connectivity index (χ2n) is 3.31. The molecule has 2 aromatic rings. The van der Waals surface area contributed by atoms with E-state index in [1.165, 1.54) is 0 Å². The van der Waals surface area contributed by atoms with Gasteiger partial charge < -0.3 is 6.15 Å². The molecule has 0 aliphatic rings. The molecule has 0 fully saturated rings. The van der Waals surface area contributed by atoms with Gasteiger partial charge in [0.15, 0.2) is 0 Å². The summed E-state index contributed by atoms with van der Waals surface area (Å²) in [6, 6.07) is 8.03. The number of hydrogen-bond acceptors (Lipinski definition) is 3. The predicted molar refractivity (Wildman–Crippen MR) is 63.3 cm³/mol. The van der Waals surface area contributed by atoms with Crippen molar-refractivity contribution in [2.45, 2.75) is 26.7 Å². The maximum atomic E-state index is 4.60. The number of aryl methyl sites for hydroxylation is 2. The van der Waals surface area contributed by atoms with Crippen molar-refractivity contribution < 1.29 is 0 Å². The van der Waals surface area contributed by atoms with Gasteiger partial charge in [0.2, 0.25) is 0 Å². The molecular weight excluding hydrogens is 186 g/mol. The van der Waals surface area contributed by atoms with Crippen LogP contribution in [0.25, 0.3) is 11.0 Å². The lowest BCUT2D eigenvalue weighted by Gasteiger charge is -2.05. The molecule has 0 atom stereocenters. The van der Waals surface area contributed by atoms with Crippen LogP contribution in [0.5, 0.6) is 0 Å². The molecule has 15 heavy (non-hydrogen) atoms. The predicted octanol–water partition coefficient (Wildman–Crippen LogP) is 2.92. The van der Waals surface area contributed by atoms with Crippen molar-refractivity contribution in [1.29, 1.82) is 0 Å². The van der Waals surface area contributed by atoms with Crippen LogP contribution in [0.15, 0.2) is 24.3 Å². The van der Waals surface area contributed by atoms with E-state index in [1.807, 2.05) is 24.3 Å². The number of nitrogens with zero attached hydrogens (tertiary/aromatic N) is 2. The van der Waals surface area contributed by atoms with E-state index in [2.05, 4.69) is 23.8 Å². The molecule has 3 nitrogen and oxygen atoms in total. The highest BCUT2D eigenvalue weighted by Gasteiger charge is 2.04. The van der Waals surface area contributed by atoms with E-state index in [0.717, 1.165) is 35.3 Å². The van der Waals surface area contributed by atoms with Crippen molar-refractivity contribution in [2.24, 2.45) is 0 Å². The third kappa shape index (κ3) is 2.13. The van der Waals surface area contributed by atoms with Crippen molar-refractivity contribution in [2.75, 3.05) is 0 Å². The molecule has 0 aliphatic carbocycles. The van der Waals surface area contributed by atoms with E-state index < -0.39 is 0 Å². The van der Waals surface area contributed by atoms with Gasteiger partial charge in [-0.25, -0.2) is 9.97 Å². The van der Waals surface area contributed by atoms with E-state index in [9.17, 15) is 0 Å². The zero-order valence-electron chi connectivity index (χ0n) is 9.33. The SMILES string of the molecule is CCc1nc2ccccc2nc1CC.N. The van der Waals surface area contributed by atoms with Gasteiger partial charge in [-0.1, -0.05) is 26.0 Å². The summed E-state index contributed by atoms with van der Waals surface area (Å²) in [4.78, 5) is 9.20. The van der Waals surface area contributed by atoms with Crippen LogP contribution < -0.4 is 6.15 Å². The fourth-order valence-corrected chi connectivity index (χ4v) is 1.64. The number of para-hydroxylation sites is 2. The number of benzene rings is 1. The summed E-state index contributed by atoms with van der Waals surface area (Å²) in [5.74, 6) is 0. The van der Waals surface area contributed by atoms with Crippen LogP contribution in [-0.4, -0.2) is 9.97 Å². The molecular formula is C12H17N3. The van der Waals surface area contributed by atoms with Crippen LogP contribution in [0.2, 0.25) is 0 Å². The molecule has 0 aliphatic heterocycles. The third-order valence-electron chi connectivity index (χ3n) is 2.40. The fourth-order valence-electron chi connectivity index (χ4n) is 1.64. The van der Waals surface area contributed by atoms with Gasteiger partial charge in [-0.2, -0.15) is 0 Å². The van der Waals surface area contributed by atoms with Crippen LogP contribution in [0.3, 0.4) is 0 Å². The van der Waals surface area contributed by atoms with E-state index in [1.54, 1.807) is 0 Å². The summed E-state index contributed by atoms with van der Waals surface area (Å²) >= 11 is 0. The summed E-state index contributed by atoms with van der Waals surface area (Å²) in [7, 11) is 0. The zero-order valence-corrected chi connectivity index (χ0v) is 9.33. The van der Waals surface area contributed by atoms with E-state index in [0.29, 0.717) is 0 Å². The minimum atomic E-state index is 0. The summed E-state index contributed by atoms with van der Waals surface area (Å²) in [6.07, 6.45) is 1.92. The summed E-state index contributed by atoms with van der Waals surface area (Å²) in [5, 5.41) is 0. The first kappa shape index (κ1) is 11.6. The van der Waals surface area contributed by atoms with Crippen molar-refractivity contribution in [3.8, 4) is 0 Å². The minimum Gasteiger partial charge on any atom is -0.344 e. The van der Waals surface area contributed by atoms with Gasteiger partial charge in [-0.3, -0.25) is 0 Å². The molecule has 1 aromatic heterocycles. The lowest BCUT2D eigenvalue weighted by molar-refractivity contribution is 0.930. The van der Waals surface area contributed by atoms with Crippen molar-refractivity contribution in [3.05, 3.63) is 35.7 Å². The quantitative estimate of drug-likeness (QED) is 0.816. The second-order valence-corrected chi connectivity index (χ2v) is 3.31. The van der Waals surface area contributed by atoms with E-state index in [4.69, 9.17) is 0 Å². The Bertz CT molecular complexity index is 409. The van der Waals surface area contributed by atoms with Gasteiger partial charge in [0.25, 0.3) is 0 Å². The molecule has 2 rings (SSSR count). The number of aromatic nitrogens is 2. The Morgan fingerprint density at radius 1 is 0.867 bits per heavy atom. The van der Waals surface area contributed by atoms with Crippen molar-refractivity contribution >= 4 is 11.0 Å². The van der Waals surface area contributed by atoms with Gasteiger partial charge in [-0.15, -0.1) is 0 Å². The first-order valence-electron chi connectivity index (χ1n) is 5.09. The topological polar surface area (TPSA) is 60.8 Å². The monoisotopic (exact) mass is 203 g/mol. The summed E-state index contributed by atoms with van der Waals surface area (Å²) in [5.41, 5.74) is 4.26. The van der Waals surface area contributed by atoms with Crippen molar-refractivity contribution in [3.63, 3.8) is 0 Å². The summed E-state index contributed by atoms with van der Waals surface area (Å²) < 4.78 is 0.